The van der Waals surface area contributed by atoms with Crippen LogP contribution in [0.15, 0.2) is 18.2 Å². The van der Waals surface area contributed by atoms with Gasteiger partial charge in [0.2, 0.25) is 0 Å². The number of terminal acetylenes is 1. The van der Waals surface area contributed by atoms with Crippen LogP contribution in [0.3, 0.4) is 0 Å². The summed E-state index contributed by atoms with van der Waals surface area (Å²) in [5, 5.41) is 0. The average Bonchev–Trinajstić information content (AvgIpc) is 2.28. The summed E-state index contributed by atoms with van der Waals surface area (Å²) in [5.74, 6) is 4.04. The molecule has 1 heteroatoms. The van der Waals surface area contributed by atoms with Gasteiger partial charge in [-0.25, -0.2) is 0 Å². The Bertz CT molecular complexity index is 432. The van der Waals surface area contributed by atoms with Gasteiger partial charge >= 0.3 is 0 Å². The summed E-state index contributed by atoms with van der Waals surface area (Å²) in [6, 6.07) is 6.47. The van der Waals surface area contributed by atoms with Crippen molar-refractivity contribution < 1.29 is 4.74 Å². The smallest absolute Gasteiger partial charge is 0.122 e. The largest absolute Gasteiger partial charge is 0.494 e. The standard InChI is InChI=1S/C17H24O/c1-7-9-13(3)15-12-14(17(4,5)6)10-11-16(15)18-8-2/h1,10-13H,8-9H2,2-6H3. The Morgan fingerprint density at radius 1 is 1.33 bits per heavy atom. The zero-order valence-corrected chi connectivity index (χ0v) is 12.2. The Kier molecular flexibility index (Phi) is 4.84. The summed E-state index contributed by atoms with van der Waals surface area (Å²) >= 11 is 0. The lowest BCUT2D eigenvalue weighted by Gasteiger charge is -2.23. The van der Waals surface area contributed by atoms with Crippen molar-refractivity contribution in [2.24, 2.45) is 0 Å². The zero-order valence-electron chi connectivity index (χ0n) is 12.2. The molecule has 98 valence electrons. The van der Waals surface area contributed by atoms with E-state index in [2.05, 4.69) is 51.8 Å². The van der Waals surface area contributed by atoms with Crippen LogP contribution in [0.4, 0.5) is 0 Å². The van der Waals surface area contributed by atoms with Crippen molar-refractivity contribution in [2.75, 3.05) is 6.61 Å². The van der Waals surface area contributed by atoms with Crippen molar-refractivity contribution >= 4 is 0 Å². The van der Waals surface area contributed by atoms with E-state index in [-0.39, 0.29) is 5.41 Å². The van der Waals surface area contributed by atoms with Gasteiger partial charge in [0.05, 0.1) is 6.61 Å². The highest BCUT2D eigenvalue weighted by Crippen LogP contribution is 2.33. The molecule has 1 aromatic carbocycles. The number of hydrogen-bond acceptors (Lipinski definition) is 1. The maximum atomic E-state index is 5.70. The van der Waals surface area contributed by atoms with Gasteiger partial charge in [-0.15, -0.1) is 12.3 Å². The summed E-state index contributed by atoms with van der Waals surface area (Å²) in [5.41, 5.74) is 2.70. The summed E-state index contributed by atoms with van der Waals surface area (Å²) < 4.78 is 5.70. The van der Waals surface area contributed by atoms with Crippen LogP contribution in [0, 0.1) is 12.3 Å². The van der Waals surface area contributed by atoms with Gasteiger partial charge in [-0.1, -0.05) is 39.8 Å². The van der Waals surface area contributed by atoms with Crippen LogP contribution >= 0.6 is 0 Å². The molecule has 0 fully saturated rings. The minimum absolute atomic E-state index is 0.148. The van der Waals surface area contributed by atoms with Gasteiger partial charge in [0.25, 0.3) is 0 Å². The molecule has 0 bridgehead atoms. The average molecular weight is 244 g/mol. The molecule has 1 nitrogen and oxygen atoms in total. The van der Waals surface area contributed by atoms with E-state index in [4.69, 9.17) is 11.2 Å². The molecule has 0 heterocycles. The number of ether oxygens (including phenoxy) is 1. The Labute approximate surface area is 112 Å². The molecule has 0 spiro atoms. The predicted octanol–water partition coefficient (Wildman–Crippen LogP) is 4.51. The van der Waals surface area contributed by atoms with E-state index in [9.17, 15) is 0 Å². The second-order valence-electron chi connectivity index (χ2n) is 5.74. The fraction of sp³-hybridized carbons (Fsp3) is 0.529. The molecule has 0 aromatic heterocycles. The maximum Gasteiger partial charge on any atom is 0.122 e. The summed E-state index contributed by atoms with van der Waals surface area (Å²) in [4.78, 5) is 0. The van der Waals surface area contributed by atoms with E-state index >= 15 is 0 Å². The monoisotopic (exact) mass is 244 g/mol. The van der Waals surface area contributed by atoms with Crippen molar-refractivity contribution in [3.8, 4) is 18.1 Å². The topological polar surface area (TPSA) is 9.23 Å². The third-order valence-corrected chi connectivity index (χ3v) is 3.13. The summed E-state index contributed by atoms with van der Waals surface area (Å²) in [7, 11) is 0. The van der Waals surface area contributed by atoms with Gasteiger partial charge in [0.1, 0.15) is 5.75 Å². The lowest BCUT2D eigenvalue weighted by molar-refractivity contribution is 0.334. The highest BCUT2D eigenvalue weighted by Gasteiger charge is 2.18. The van der Waals surface area contributed by atoms with Crippen molar-refractivity contribution in [3.63, 3.8) is 0 Å². The molecule has 1 aromatic rings. The molecule has 1 rings (SSSR count). The first-order chi connectivity index (χ1) is 8.40. The predicted molar refractivity (Wildman–Crippen MR) is 78.2 cm³/mol. The van der Waals surface area contributed by atoms with Crippen LogP contribution in [0.5, 0.6) is 5.75 Å². The zero-order chi connectivity index (χ0) is 13.8. The third-order valence-electron chi connectivity index (χ3n) is 3.13. The van der Waals surface area contributed by atoms with Gasteiger partial charge < -0.3 is 4.74 Å². The van der Waals surface area contributed by atoms with Crippen LogP contribution in [0.2, 0.25) is 0 Å². The molecule has 0 amide bonds. The number of rotatable bonds is 4. The van der Waals surface area contributed by atoms with E-state index in [1.165, 1.54) is 11.1 Å². The van der Waals surface area contributed by atoms with E-state index < -0.39 is 0 Å². The molecular formula is C17H24O. The fourth-order valence-corrected chi connectivity index (χ4v) is 1.97. The van der Waals surface area contributed by atoms with Crippen LogP contribution in [-0.4, -0.2) is 6.61 Å². The second-order valence-corrected chi connectivity index (χ2v) is 5.74. The summed E-state index contributed by atoms with van der Waals surface area (Å²) in [6.07, 6.45) is 6.17. The highest BCUT2D eigenvalue weighted by atomic mass is 16.5. The Morgan fingerprint density at radius 3 is 2.50 bits per heavy atom. The molecule has 0 aliphatic heterocycles. The fourth-order valence-electron chi connectivity index (χ4n) is 1.97. The van der Waals surface area contributed by atoms with Gasteiger partial charge in [-0.05, 0) is 35.4 Å². The minimum atomic E-state index is 0.148. The molecule has 1 atom stereocenters. The maximum absolute atomic E-state index is 5.70. The third kappa shape index (κ3) is 3.53. The van der Waals surface area contributed by atoms with Gasteiger partial charge in [0.15, 0.2) is 0 Å². The first-order valence-corrected chi connectivity index (χ1v) is 6.60. The van der Waals surface area contributed by atoms with Gasteiger partial charge in [-0.2, -0.15) is 0 Å². The molecule has 1 unspecified atom stereocenters. The lowest BCUT2D eigenvalue weighted by Crippen LogP contribution is -2.12. The Balaban J connectivity index is 3.20. The minimum Gasteiger partial charge on any atom is -0.494 e. The van der Waals surface area contributed by atoms with Crippen LogP contribution in [0.1, 0.15) is 58.1 Å². The molecule has 0 saturated carbocycles. The van der Waals surface area contributed by atoms with E-state index in [0.29, 0.717) is 12.5 Å². The van der Waals surface area contributed by atoms with Gasteiger partial charge in [0, 0.05) is 6.42 Å². The normalized spacial score (nSPS) is 12.9. The molecule has 0 aliphatic rings. The second kappa shape index (κ2) is 5.96. The van der Waals surface area contributed by atoms with E-state index in [1.807, 2.05) is 6.92 Å². The first-order valence-electron chi connectivity index (χ1n) is 6.60. The molecule has 0 saturated heterocycles. The number of benzene rings is 1. The van der Waals surface area contributed by atoms with Crippen LogP contribution < -0.4 is 4.74 Å². The van der Waals surface area contributed by atoms with E-state index in [1.54, 1.807) is 0 Å². The Morgan fingerprint density at radius 2 is 2.00 bits per heavy atom. The molecule has 18 heavy (non-hydrogen) atoms. The molecular weight excluding hydrogens is 220 g/mol. The van der Waals surface area contributed by atoms with Crippen LogP contribution in [0.25, 0.3) is 0 Å². The van der Waals surface area contributed by atoms with Crippen molar-refractivity contribution in [1.82, 2.24) is 0 Å². The molecule has 0 radical (unpaired) electrons. The van der Waals surface area contributed by atoms with Crippen LogP contribution in [-0.2, 0) is 5.41 Å². The quantitative estimate of drug-likeness (QED) is 0.708. The lowest BCUT2D eigenvalue weighted by atomic mass is 9.84. The van der Waals surface area contributed by atoms with Gasteiger partial charge in [-0.3, -0.25) is 0 Å². The van der Waals surface area contributed by atoms with E-state index in [0.717, 1.165) is 12.2 Å². The Hall–Kier alpha value is -1.42. The van der Waals surface area contributed by atoms with Crippen molar-refractivity contribution in [1.29, 1.82) is 0 Å². The highest BCUT2D eigenvalue weighted by molar-refractivity contribution is 5.42. The molecule has 0 N–H and O–H groups in total. The SMILES string of the molecule is C#CCC(C)c1cc(C(C)(C)C)ccc1OCC. The first kappa shape index (κ1) is 14.6. The number of hydrogen-bond donors (Lipinski definition) is 0. The van der Waals surface area contributed by atoms with Crippen molar-refractivity contribution in [3.05, 3.63) is 29.3 Å². The van der Waals surface area contributed by atoms with Crippen molar-refractivity contribution in [2.45, 2.75) is 52.4 Å². The summed E-state index contributed by atoms with van der Waals surface area (Å²) in [6.45, 7) is 11.5. The molecule has 0 aliphatic carbocycles.